The van der Waals surface area contributed by atoms with E-state index in [-0.39, 0.29) is 18.5 Å². The lowest BCUT2D eigenvalue weighted by Gasteiger charge is -2.14. The largest absolute Gasteiger partial charge is 0.394 e. The van der Waals surface area contributed by atoms with Gasteiger partial charge in [0.2, 0.25) is 5.95 Å². The van der Waals surface area contributed by atoms with Crippen LogP contribution in [0.3, 0.4) is 0 Å². The number of hydrogen-bond donors (Lipinski definition) is 3. The van der Waals surface area contributed by atoms with E-state index in [0.29, 0.717) is 23.9 Å². The van der Waals surface area contributed by atoms with E-state index in [1.54, 1.807) is 18.2 Å². The summed E-state index contributed by atoms with van der Waals surface area (Å²) in [5.41, 5.74) is 2.25. The van der Waals surface area contributed by atoms with Gasteiger partial charge in [0.05, 0.1) is 12.3 Å². The summed E-state index contributed by atoms with van der Waals surface area (Å²) in [5.74, 6) is 0.725. The Bertz CT molecular complexity index is 857. The lowest BCUT2D eigenvalue weighted by molar-refractivity contribution is 0.281. The van der Waals surface area contributed by atoms with Crippen molar-refractivity contribution in [1.29, 1.82) is 0 Å². The van der Waals surface area contributed by atoms with Crippen molar-refractivity contribution in [3.8, 4) is 11.3 Å². The minimum Gasteiger partial charge on any atom is -0.394 e. The highest BCUT2D eigenvalue weighted by Gasteiger charge is 2.09. The molecule has 0 unspecified atom stereocenters. The Morgan fingerprint density at radius 3 is 2.50 bits per heavy atom. The van der Waals surface area contributed by atoms with E-state index in [2.05, 4.69) is 20.6 Å². The van der Waals surface area contributed by atoms with Crippen LogP contribution in [0.1, 0.15) is 12.5 Å². The van der Waals surface area contributed by atoms with Gasteiger partial charge in [0, 0.05) is 29.8 Å². The Balaban J connectivity index is 1.88. The molecular weight excluding hydrogens is 331 g/mol. The van der Waals surface area contributed by atoms with Crippen molar-refractivity contribution in [2.24, 2.45) is 0 Å². The first-order valence-electron chi connectivity index (χ1n) is 8.45. The minimum atomic E-state index is -0.260. The molecule has 3 rings (SSSR count). The average Bonchev–Trinajstić information content (AvgIpc) is 2.68. The smallest absolute Gasteiger partial charge is 0.225 e. The maximum Gasteiger partial charge on any atom is 0.225 e. The minimum absolute atomic E-state index is 0.0308. The summed E-state index contributed by atoms with van der Waals surface area (Å²) < 4.78 is 13.8. The Hall–Kier alpha value is -2.99. The van der Waals surface area contributed by atoms with Crippen LogP contribution >= 0.6 is 0 Å². The van der Waals surface area contributed by atoms with Crippen molar-refractivity contribution in [2.45, 2.75) is 19.5 Å². The van der Waals surface area contributed by atoms with Crippen LogP contribution in [0.2, 0.25) is 0 Å². The second-order valence-corrected chi connectivity index (χ2v) is 6.00. The summed E-state index contributed by atoms with van der Waals surface area (Å²) in [6, 6.07) is 18.0. The molecule has 1 heterocycles. The Labute approximate surface area is 152 Å². The number of aliphatic hydroxyl groups excluding tert-OH is 1. The predicted octanol–water partition coefficient (Wildman–Crippen LogP) is 3.69. The average molecular weight is 352 g/mol. The normalized spacial score (nSPS) is 11.8. The van der Waals surface area contributed by atoms with E-state index < -0.39 is 0 Å². The number of benzene rings is 2. The SMILES string of the molecule is C[C@@H](CO)Nc1nc(NCc2ccccc2F)cc(-c2ccccc2)n1. The van der Waals surface area contributed by atoms with Gasteiger partial charge < -0.3 is 15.7 Å². The molecule has 2 aromatic carbocycles. The van der Waals surface area contributed by atoms with E-state index in [9.17, 15) is 9.50 Å². The van der Waals surface area contributed by atoms with E-state index in [0.717, 1.165) is 11.3 Å². The van der Waals surface area contributed by atoms with Crippen LogP contribution in [-0.4, -0.2) is 27.7 Å². The summed E-state index contributed by atoms with van der Waals surface area (Å²) in [6.45, 7) is 2.12. The van der Waals surface area contributed by atoms with Gasteiger partial charge in [-0.2, -0.15) is 4.98 Å². The van der Waals surface area contributed by atoms with Crippen LogP contribution < -0.4 is 10.6 Å². The molecule has 0 saturated carbocycles. The molecule has 134 valence electrons. The van der Waals surface area contributed by atoms with E-state index >= 15 is 0 Å². The second-order valence-electron chi connectivity index (χ2n) is 6.00. The molecule has 0 aliphatic heterocycles. The van der Waals surface area contributed by atoms with Crippen LogP contribution in [0.5, 0.6) is 0 Å². The van der Waals surface area contributed by atoms with E-state index in [4.69, 9.17) is 0 Å². The summed E-state index contributed by atoms with van der Waals surface area (Å²) in [6.07, 6.45) is 0. The zero-order chi connectivity index (χ0) is 18.4. The lowest BCUT2D eigenvalue weighted by atomic mass is 10.1. The number of nitrogens with one attached hydrogen (secondary N) is 2. The van der Waals surface area contributed by atoms with Crippen LogP contribution in [-0.2, 0) is 6.54 Å². The molecule has 26 heavy (non-hydrogen) atoms. The highest BCUT2D eigenvalue weighted by molar-refractivity contribution is 5.64. The molecule has 0 saturated heterocycles. The van der Waals surface area contributed by atoms with Gasteiger partial charge >= 0.3 is 0 Å². The number of rotatable bonds is 7. The van der Waals surface area contributed by atoms with Crippen molar-refractivity contribution in [3.05, 3.63) is 72.0 Å². The van der Waals surface area contributed by atoms with Crippen LogP contribution in [0.25, 0.3) is 11.3 Å². The molecule has 0 spiro atoms. The zero-order valence-corrected chi connectivity index (χ0v) is 14.5. The second kappa shape index (κ2) is 8.40. The summed E-state index contributed by atoms with van der Waals surface area (Å²) >= 11 is 0. The molecule has 5 nitrogen and oxygen atoms in total. The molecule has 0 amide bonds. The summed E-state index contributed by atoms with van der Waals surface area (Å²) in [5, 5.41) is 15.5. The predicted molar refractivity (Wildman–Crippen MR) is 101 cm³/mol. The van der Waals surface area contributed by atoms with Crippen molar-refractivity contribution >= 4 is 11.8 Å². The molecule has 6 heteroatoms. The first kappa shape index (κ1) is 17.8. The van der Waals surface area contributed by atoms with Gasteiger partial charge in [0.1, 0.15) is 11.6 Å². The molecule has 0 bridgehead atoms. The molecular formula is C20H21FN4O. The fourth-order valence-electron chi connectivity index (χ4n) is 2.45. The number of anilines is 2. The Morgan fingerprint density at radius 1 is 1.04 bits per heavy atom. The molecule has 1 aromatic heterocycles. The molecule has 3 aromatic rings. The lowest BCUT2D eigenvalue weighted by Crippen LogP contribution is -2.21. The number of hydrogen-bond acceptors (Lipinski definition) is 5. The molecule has 1 atom stereocenters. The standard InChI is InChI=1S/C20H21FN4O/c1-14(13-26)23-20-24-18(15-7-3-2-4-8-15)11-19(25-20)22-12-16-9-5-6-10-17(16)21/h2-11,14,26H,12-13H2,1H3,(H2,22,23,24,25)/t14-/m0/s1. The van der Waals surface area contributed by atoms with Gasteiger partial charge in [-0.15, -0.1) is 0 Å². The van der Waals surface area contributed by atoms with Gasteiger partial charge in [0.15, 0.2) is 0 Å². The highest BCUT2D eigenvalue weighted by Crippen LogP contribution is 2.22. The van der Waals surface area contributed by atoms with Gasteiger partial charge in [-0.1, -0.05) is 48.5 Å². The van der Waals surface area contributed by atoms with Gasteiger partial charge in [-0.25, -0.2) is 9.37 Å². The first-order valence-corrected chi connectivity index (χ1v) is 8.45. The van der Waals surface area contributed by atoms with E-state index in [1.165, 1.54) is 6.07 Å². The summed E-state index contributed by atoms with van der Waals surface area (Å²) in [7, 11) is 0. The van der Waals surface area contributed by atoms with Crippen LogP contribution in [0.15, 0.2) is 60.7 Å². The maximum absolute atomic E-state index is 13.8. The van der Waals surface area contributed by atoms with Crippen molar-refractivity contribution < 1.29 is 9.50 Å². The topological polar surface area (TPSA) is 70.1 Å². The Morgan fingerprint density at radius 2 is 1.77 bits per heavy atom. The third-order valence-corrected chi connectivity index (χ3v) is 3.86. The number of halogens is 1. The Kier molecular flexibility index (Phi) is 5.76. The molecule has 0 aliphatic carbocycles. The quantitative estimate of drug-likeness (QED) is 0.605. The number of aliphatic hydroxyl groups is 1. The third kappa shape index (κ3) is 4.55. The molecule has 0 aliphatic rings. The summed E-state index contributed by atoms with van der Waals surface area (Å²) in [4.78, 5) is 8.94. The van der Waals surface area contributed by atoms with Gasteiger partial charge in [-0.3, -0.25) is 0 Å². The molecule has 3 N–H and O–H groups in total. The first-order chi connectivity index (χ1) is 12.7. The van der Waals surface area contributed by atoms with Gasteiger partial charge in [-0.05, 0) is 13.0 Å². The fraction of sp³-hybridized carbons (Fsp3) is 0.200. The van der Waals surface area contributed by atoms with Crippen LogP contribution in [0.4, 0.5) is 16.2 Å². The molecule has 0 radical (unpaired) electrons. The monoisotopic (exact) mass is 352 g/mol. The maximum atomic E-state index is 13.8. The van der Waals surface area contributed by atoms with E-state index in [1.807, 2.05) is 43.3 Å². The zero-order valence-electron chi connectivity index (χ0n) is 14.5. The van der Waals surface area contributed by atoms with Crippen LogP contribution in [0, 0.1) is 5.82 Å². The number of nitrogens with zero attached hydrogens (tertiary/aromatic N) is 2. The third-order valence-electron chi connectivity index (χ3n) is 3.86. The van der Waals surface area contributed by atoms with Gasteiger partial charge in [0.25, 0.3) is 0 Å². The van der Waals surface area contributed by atoms with Crippen molar-refractivity contribution in [3.63, 3.8) is 0 Å². The van der Waals surface area contributed by atoms with Crippen molar-refractivity contribution in [2.75, 3.05) is 17.2 Å². The number of aromatic nitrogens is 2. The fourth-order valence-corrected chi connectivity index (χ4v) is 2.45. The van der Waals surface area contributed by atoms with Crippen molar-refractivity contribution in [1.82, 2.24) is 9.97 Å². The molecule has 0 fully saturated rings. The highest BCUT2D eigenvalue weighted by atomic mass is 19.1.